The zero-order valence-corrected chi connectivity index (χ0v) is 11.1. The number of aryl methyl sites for hydroxylation is 2. The van der Waals surface area contributed by atoms with Crippen molar-refractivity contribution in [3.63, 3.8) is 0 Å². The van der Waals surface area contributed by atoms with E-state index in [1.165, 1.54) is 6.07 Å². The first-order chi connectivity index (χ1) is 9.40. The third-order valence-electron chi connectivity index (χ3n) is 2.99. The molecule has 0 aromatic heterocycles. The molecule has 0 heterocycles. The Morgan fingerprint density at radius 3 is 2.50 bits per heavy atom. The van der Waals surface area contributed by atoms with E-state index in [-0.39, 0.29) is 11.4 Å². The summed E-state index contributed by atoms with van der Waals surface area (Å²) in [5, 5.41) is 2.32. The van der Waals surface area contributed by atoms with Gasteiger partial charge in [0, 0.05) is 5.56 Å². The monoisotopic (exact) mass is 276 g/mol. The molecule has 20 heavy (non-hydrogen) atoms. The molecule has 2 rings (SSSR count). The lowest BCUT2D eigenvalue weighted by atomic mass is 10.1. The third-order valence-corrected chi connectivity index (χ3v) is 2.99. The molecule has 0 fully saturated rings. The van der Waals surface area contributed by atoms with Crippen LogP contribution in [0.3, 0.4) is 0 Å². The van der Waals surface area contributed by atoms with Gasteiger partial charge in [0.2, 0.25) is 0 Å². The van der Waals surface area contributed by atoms with Gasteiger partial charge in [-0.3, -0.25) is 4.79 Å². The van der Waals surface area contributed by atoms with Crippen molar-refractivity contribution >= 4 is 17.3 Å². The molecular weight excluding hydrogens is 262 g/mol. The Balaban J connectivity index is 2.35. The molecule has 2 aromatic carbocycles. The highest BCUT2D eigenvalue weighted by Crippen LogP contribution is 2.25. The summed E-state index contributed by atoms with van der Waals surface area (Å²) in [7, 11) is 0. The molecular formula is C15H14F2N2O. The summed E-state index contributed by atoms with van der Waals surface area (Å²) in [5.74, 6) is -2.75. The number of benzene rings is 2. The zero-order valence-electron chi connectivity index (χ0n) is 11.1. The standard InChI is InChI=1S/C15H14F2N2O/c1-8-3-4-10(9(2)7-8)15(20)19-14-12(18)6-5-11(16)13(14)17/h3-7H,18H2,1-2H3,(H,19,20). The van der Waals surface area contributed by atoms with Gasteiger partial charge in [-0.1, -0.05) is 17.7 Å². The van der Waals surface area contributed by atoms with Crippen molar-refractivity contribution in [2.24, 2.45) is 0 Å². The van der Waals surface area contributed by atoms with Gasteiger partial charge in [0.15, 0.2) is 11.6 Å². The Hall–Kier alpha value is -2.43. The van der Waals surface area contributed by atoms with Crippen LogP contribution >= 0.6 is 0 Å². The van der Waals surface area contributed by atoms with Gasteiger partial charge < -0.3 is 11.1 Å². The average molecular weight is 276 g/mol. The molecule has 0 saturated carbocycles. The molecule has 3 nitrogen and oxygen atoms in total. The van der Waals surface area contributed by atoms with Crippen molar-refractivity contribution in [1.82, 2.24) is 0 Å². The van der Waals surface area contributed by atoms with Crippen LogP contribution in [0.4, 0.5) is 20.2 Å². The SMILES string of the molecule is Cc1ccc(C(=O)Nc2c(N)ccc(F)c2F)c(C)c1. The van der Waals surface area contributed by atoms with Crippen LogP contribution in [0.15, 0.2) is 30.3 Å². The minimum atomic E-state index is -1.16. The minimum Gasteiger partial charge on any atom is -0.397 e. The van der Waals surface area contributed by atoms with Gasteiger partial charge in [-0.05, 0) is 37.6 Å². The quantitative estimate of drug-likeness (QED) is 0.826. The van der Waals surface area contributed by atoms with Gasteiger partial charge in [0.25, 0.3) is 5.91 Å². The van der Waals surface area contributed by atoms with Gasteiger partial charge in [0.05, 0.1) is 5.69 Å². The van der Waals surface area contributed by atoms with Gasteiger partial charge in [0.1, 0.15) is 5.69 Å². The molecule has 5 heteroatoms. The number of hydrogen-bond acceptors (Lipinski definition) is 2. The Kier molecular flexibility index (Phi) is 3.70. The molecule has 2 aromatic rings. The van der Waals surface area contributed by atoms with Crippen LogP contribution in [-0.2, 0) is 0 Å². The summed E-state index contributed by atoms with van der Waals surface area (Å²) in [6, 6.07) is 7.36. The van der Waals surface area contributed by atoms with Crippen molar-refractivity contribution in [3.8, 4) is 0 Å². The highest BCUT2D eigenvalue weighted by atomic mass is 19.2. The predicted molar refractivity (Wildman–Crippen MR) is 74.6 cm³/mol. The number of halogens is 2. The molecule has 0 aliphatic rings. The number of rotatable bonds is 2. The minimum absolute atomic E-state index is 0.0259. The first kappa shape index (κ1) is 14.0. The van der Waals surface area contributed by atoms with E-state index in [9.17, 15) is 13.6 Å². The number of nitrogens with one attached hydrogen (secondary N) is 1. The van der Waals surface area contributed by atoms with Crippen LogP contribution in [0, 0.1) is 25.5 Å². The van der Waals surface area contributed by atoms with Crippen LogP contribution in [-0.4, -0.2) is 5.91 Å². The van der Waals surface area contributed by atoms with Gasteiger partial charge >= 0.3 is 0 Å². The Labute approximate surface area is 115 Å². The molecule has 0 atom stereocenters. The fraction of sp³-hybridized carbons (Fsp3) is 0.133. The predicted octanol–water partition coefficient (Wildman–Crippen LogP) is 3.42. The number of nitrogens with two attached hydrogens (primary N) is 1. The Morgan fingerprint density at radius 1 is 1.15 bits per heavy atom. The number of hydrogen-bond donors (Lipinski definition) is 2. The lowest BCUT2D eigenvalue weighted by Gasteiger charge is -2.11. The zero-order chi connectivity index (χ0) is 14.9. The van der Waals surface area contributed by atoms with E-state index in [0.29, 0.717) is 5.56 Å². The largest absolute Gasteiger partial charge is 0.397 e. The number of anilines is 2. The second-order valence-corrected chi connectivity index (χ2v) is 4.60. The van der Waals surface area contributed by atoms with Gasteiger partial charge in [-0.2, -0.15) is 0 Å². The summed E-state index contributed by atoms with van der Waals surface area (Å²) in [6.07, 6.45) is 0. The average Bonchev–Trinajstić information content (AvgIpc) is 2.39. The lowest BCUT2D eigenvalue weighted by Crippen LogP contribution is -2.16. The smallest absolute Gasteiger partial charge is 0.256 e. The molecule has 104 valence electrons. The molecule has 3 N–H and O–H groups in total. The first-order valence-electron chi connectivity index (χ1n) is 6.02. The fourth-order valence-corrected chi connectivity index (χ4v) is 1.94. The molecule has 0 aliphatic heterocycles. The van der Waals surface area contributed by atoms with Crippen LogP contribution in [0.1, 0.15) is 21.5 Å². The van der Waals surface area contributed by atoms with E-state index in [4.69, 9.17) is 5.73 Å². The van der Waals surface area contributed by atoms with E-state index in [0.717, 1.165) is 17.2 Å². The maximum absolute atomic E-state index is 13.6. The third kappa shape index (κ3) is 2.61. The van der Waals surface area contributed by atoms with E-state index >= 15 is 0 Å². The van der Waals surface area contributed by atoms with Crippen molar-refractivity contribution in [3.05, 3.63) is 58.7 Å². The Morgan fingerprint density at radius 2 is 1.85 bits per heavy atom. The fourth-order valence-electron chi connectivity index (χ4n) is 1.94. The normalized spacial score (nSPS) is 10.4. The topological polar surface area (TPSA) is 55.1 Å². The number of carbonyl (C=O) groups excluding carboxylic acids is 1. The van der Waals surface area contributed by atoms with E-state index in [2.05, 4.69) is 5.32 Å². The molecule has 0 aliphatic carbocycles. The summed E-state index contributed by atoms with van der Waals surface area (Å²) < 4.78 is 26.8. The molecule has 0 bridgehead atoms. The van der Waals surface area contributed by atoms with E-state index in [1.807, 2.05) is 13.0 Å². The van der Waals surface area contributed by atoms with Crippen molar-refractivity contribution in [2.45, 2.75) is 13.8 Å². The Bertz CT molecular complexity index is 684. The van der Waals surface area contributed by atoms with E-state index in [1.54, 1.807) is 19.1 Å². The lowest BCUT2D eigenvalue weighted by molar-refractivity contribution is 0.102. The van der Waals surface area contributed by atoms with Crippen molar-refractivity contribution in [1.29, 1.82) is 0 Å². The maximum Gasteiger partial charge on any atom is 0.256 e. The van der Waals surface area contributed by atoms with Crippen LogP contribution in [0.5, 0.6) is 0 Å². The second kappa shape index (κ2) is 5.28. The summed E-state index contributed by atoms with van der Waals surface area (Å²) in [4.78, 5) is 12.1. The number of amides is 1. The second-order valence-electron chi connectivity index (χ2n) is 4.60. The van der Waals surface area contributed by atoms with Gasteiger partial charge in [-0.25, -0.2) is 8.78 Å². The maximum atomic E-state index is 13.6. The van der Waals surface area contributed by atoms with Crippen molar-refractivity contribution < 1.29 is 13.6 Å². The van der Waals surface area contributed by atoms with Crippen LogP contribution in [0.2, 0.25) is 0 Å². The highest BCUT2D eigenvalue weighted by molar-refractivity contribution is 6.06. The molecule has 0 saturated heterocycles. The first-order valence-corrected chi connectivity index (χ1v) is 6.02. The van der Waals surface area contributed by atoms with E-state index < -0.39 is 17.5 Å². The van der Waals surface area contributed by atoms with Crippen molar-refractivity contribution in [2.75, 3.05) is 11.1 Å². The highest BCUT2D eigenvalue weighted by Gasteiger charge is 2.16. The number of carbonyl (C=O) groups is 1. The summed E-state index contributed by atoms with van der Waals surface area (Å²) in [5.41, 5.74) is 7.34. The number of nitrogen functional groups attached to an aromatic ring is 1. The van der Waals surface area contributed by atoms with Crippen LogP contribution < -0.4 is 11.1 Å². The molecule has 1 amide bonds. The van der Waals surface area contributed by atoms with Gasteiger partial charge in [-0.15, -0.1) is 0 Å². The molecule has 0 unspecified atom stereocenters. The molecule has 0 spiro atoms. The molecule has 0 radical (unpaired) electrons. The summed E-state index contributed by atoms with van der Waals surface area (Å²) >= 11 is 0. The summed E-state index contributed by atoms with van der Waals surface area (Å²) in [6.45, 7) is 3.67. The van der Waals surface area contributed by atoms with Crippen LogP contribution in [0.25, 0.3) is 0 Å².